The van der Waals surface area contributed by atoms with Crippen LogP contribution in [0.2, 0.25) is 0 Å². The SMILES string of the molecule is Cn1nc(-c2cccnc2)cc1NC(=O)Nc1ccc(-c2nc3c(N4CCOCC4)nccc3[nH]2)cc1. The number of morpholine rings is 1. The van der Waals surface area contributed by atoms with Gasteiger partial charge in [0.1, 0.15) is 17.2 Å². The maximum absolute atomic E-state index is 12.6. The number of rotatable bonds is 5. The summed E-state index contributed by atoms with van der Waals surface area (Å²) in [7, 11) is 1.78. The molecular formula is C26H25N9O2. The fourth-order valence-electron chi connectivity index (χ4n) is 4.29. The number of aryl methyl sites for hydroxylation is 1. The summed E-state index contributed by atoms with van der Waals surface area (Å²) in [5.74, 6) is 2.17. The summed E-state index contributed by atoms with van der Waals surface area (Å²) >= 11 is 0. The number of H-pyrrole nitrogens is 1. The first-order valence-electron chi connectivity index (χ1n) is 11.9. The predicted molar refractivity (Wildman–Crippen MR) is 141 cm³/mol. The number of nitrogens with zero attached hydrogens (tertiary/aromatic N) is 6. The second-order valence-corrected chi connectivity index (χ2v) is 8.65. The molecule has 0 aliphatic carbocycles. The van der Waals surface area contributed by atoms with Crippen molar-refractivity contribution < 1.29 is 9.53 Å². The van der Waals surface area contributed by atoms with Crippen LogP contribution in [0.1, 0.15) is 0 Å². The monoisotopic (exact) mass is 495 g/mol. The number of amides is 2. The van der Waals surface area contributed by atoms with E-state index in [0.29, 0.717) is 24.7 Å². The van der Waals surface area contributed by atoms with Gasteiger partial charge in [-0.05, 0) is 42.5 Å². The highest BCUT2D eigenvalue weighted by atomic mass is 16.5. The molecule has 1 aromatic carbocycles. The molecule has 3 N–H and O–H groups in total. The van der Waals surface area contributed by atoms with Crippen LogP contribution in [0.5, 0.6) is 0 Å². The molecule has 1 aliphatic heterocycles. The van der Waals surface area contributed by atoms with Gasteiger partial charge >= 0.3 is 6.03 Å². The van der Waals surface area contributed by atoms with Crippen molar-refractivity contribution in [3.63, 3.8) is 0 Å². The van der Waals surface area contributed by atoms with Crippen molar-refractivity contribution in [2.45, 2.75) is 0 Å². The molecule has 0 spiro atoms. The molecule has 37 heavy (non-hydrogen) atoms. The van der Waals surface area contributed by atoms with E-state index < -0.39 is 0 Å². The first-order chi connectivity index (χ1) is 18.1. The van der Waals surface area contributed by atoms with E-state index in [9.17, 15) is 4.79 Å². The van der Waals surface area contributed by atoms with Crippen molar-refractivity contribution >= 4 is 34.4 Å². The Hall–Kier alpha value is -4.77. The van der Waals surface area contributed by atoms with Crippen LogP contribution >= 0.6 is 0 Å². The molecular weight excluding hydrogens is 470 g/mol. The first kappa shape index (κ1) is 22.7. The minimum Gasteiger partial charge on any atom is -0.378 e. The number of carbonyl (C=O) groups excluding carboxylic acids is 1. The first-order valence-corrected chi connectivity index (χ1v) is 11.9. The van der Waals surface area contributed by atoms with Crippen LogP contribution in [0.25, 0.3) is 33.7 Å². The van der Waals surface area contributed by atoms with E-state index in [0.717, 1.165) is 52.6 Å². The lowest BCUT2D eigenvalue weighted by Gasteiger charge is -2.27. The highest BCUT2D eigenvalue weighted by Gasteiger charge is 2.18. The van der Waals surface area contributed by atoms with Crippen molar-refractivity contribution in [3.8, 4) is 22.6 Å². The molecule has 4 aromatic heterocycles. The summed E-state index contributed by atoms with van der Waals surface area (Å²) in [4.78, 5) is 31.7. The van der Waals surface area contributed by atoms with Crippen molar-refractivity contribution in [1.29, 1.82) is 0 Å². The second-order valence-electron chi connectivity index (χ2n) is 8.65. The van der Waals surface area contributed by atoms with Crippen molar-refractivity contribution in [1.82, 2.24) is 29.7 Å². The van der Waals surface area contributed by atoms with Gasteiger partial charge in [0.2, 0.25) is 0 Å². The zero-order valence-corrected chi connectivity index (χ0v) is 20.2. The number of fused-ring (bicyclic) bond motifs is 1. The molecule has 1 fully saturated rings. The summed E-state index contributed by atoms with van der Waals surface area (Å²) in [6, 6.07) is 14.6. The average molecular weight is 496 g/mol. The van der Waals surface area contributed by atoms with E-state index in [1.165, 1.54) is 0 Å². The normalized spacial score (nSPS) is 13.6. The van der Waals surface area contributed by atoms with E-state index >= 15 is 0 Å². The molecule has 11 nitrogen and oxygen atoms in total. The number of benzene rings is 1. The fourth-order valence-corrected chi connectivity index (χ4v) is 4.29. The maximum atomic E-state index is 12.6. The largest absolute Gasteiger partial charge is 0.378 e. The highest BCUT2D eigenvalue weighted by Crippen LogP contribution is 2.28. The highest BCUT2D eigenvalue weighted by molar-refractivity contribution is 5.99. The minimum atomic E-state index is -0.363. The van der Waals surface area contributed by atoms with E-state index in [2.05, 4.69) is 35.6 Å². The van der Waals surface area contributed by atoms with Crippen LogP contribution < -0.4 is 15.5 Å². The van der Waals surface area contributed by atoms with E-state index in [1.807, 2.05) is 42.5 Å². The van der Waals surface area contributed by atoms with Crippen LogP contribution in [0, 0.1) is 0 Å². The summed E-state index contributed by atoms with van der Waals surface area (Å²) < 4.78 is 7.08. The Morgan fingerprint density at radius 3 is 2.65 bits per heavy atom. The summed E-state index contributed by atoms with van der Waals surface area (Å²) in [5.41, 5.74) is 4.93. The van der Waals surface area contributed by atoms with Crippen LogP contribution in [-0.4, -0.2) is 62.1 Å². The zero-order chi connectivity index (χ0) is 25.2. The summed E-state index contributed by atoms with van der Waals surface area (Å²) in [6.45, 7) is 2.95. The number of urea groups is 1. The number of aromatic amines is 1. The third-order valence-electron chi connectivity index (χ3n) is 6.19. The second kappa shape index (κ2) is 9.70. The van der Waals surface area contributed by atoms with Gasteiger partial charge in [0.05, 0.1) is 24.4 Å². The van der Waals surface area contributed by atoms with Gasteiger partial charge in [-0.1, -0.05) is 0 Å². The van der Waals surface area contributed by atoms with Gasteiger partial charge < -0.3 is 19.9 Å². The maximum Gasteiger partial charge on any atom is 0.324 e. The molecule has 11 heteroatoms. The van der Waals surface area contributed by atoms with E-state index in [-0.39, 0.29) is 6.03 Å². The van der Waals surface area contributed by atoms with Crippen molar-refractivity contribution in [3.05, 3.63) is 67.1 Å². The number of imidazole rings is 1. The Bertz CT molecular complexity index is 1540. The van der Waals surface area contributed by atoms with E-state index in [1.54, 1.807) is 36.4 Å². The summed E-state index contributed by atoms with van der Waals surface area (Å²) in [5, 5.41) is 10.2. The molecule has 0 saturated carbocycles. The minimum absolute atomic E-state index is 0.363. The Morgan fingerprint density at radius 1 is 1.03 bits per heavy atom. The van der Waals surface area contributed by atoms with Gasteiger partial charge in [0.25, 0.3) is 0 Å². The van der Waals surface area contributed by atoms with Crippen LogP contribution in [0.3, 0.4) is 0 Å². The molecule has 6 rings (SSSR count). The molecule has 1 saturated heterocycles. The molecule has 2 amide bonds. The lowest BCUT2D eigenvalue weighted by molar-refractivity contribution is 0.122. The van der Waals surface area contributed by atoms with Crippen molar-refractivity contribution in [2.24, 2.45) is 7.05 Å². The number of ether oxygens (including phenoxy) is 1. The van der Waals surface area contributed by atoms with Gasteiger partial charge in [-0.25, -0.2) is 14.8 Å². The molecule has 5 aromatic rings. The van der Waals surface area contributed by atoms with Crippen LogP contribution in [-0.2, 0) is 11.8 Å². The number of hydrogen-bond donors (Lipinski definition) is 3. The molecule has 186 valence electrons. The third-order valence-corrected chi connectivity index (χ3v) is 6.19. The van der Waals surface area contributed by atoms with Crippen molar-refractivity contribution in [2.75, 3.05) is 41.8 Å². The molecule has 0 unspecified atom stereocenters. The quantitative estimate of drug-likeness (QED) is 0.338. The number of carbonyl (C=O) groups is 1. The number of anilines is 3. The van der Waals surface area contributed by atoms with Gasteiger partial charge in [-0.15, -0.1) is 0 Å². The van der Waals surface area contributed by atoms with Gasteiger partial charge in [-0.3, -0.25) is 15.0 Å². The molecule has 1 aliphatic rings. The lowest BCUT2D eigenvalue weighted by Crippen LogP contribution is -2.36. The molecule has 5 heterocycles. The zero-order valence-electron chi connectivity index (χ0n) is 20.2. The number of nitrogens with one attached hydrogen (secondary N) is 3. The van der Waals surface area contributed by atoms with Gasteiger partial charge in [-0.2, -0.15) is 5.10 Å². The van der Waals surface area contributed by atoms with Crippen LogP contribution in [0.4, 0.5) is 22.1 Å². The number of hydrogen-bond acceptors (Lipinski definition) is 7. The summed E-state index contributed by atoms with van der Waals surface area (Å²) in [6.07, 6.45) is 5.23. The average Bonchev–Trinajstić information content (AvgIpc) is 3.53. The Morgan fingerprint density at radius 2 is 1.86 bits per heavy atom. The third kappa shape index (κ3) is 4.71. The predicted octanol–water partition coefficient (Wildman–Crippen LogP) is 3.90. The topological polar surface area (TPSA) is 126 Å². The smallest absolute Gasteiger partial charge is 0.324 e. The Balaban J connectivity index is 1.15. The molecule has 0 atom stereocenters. The van der Waals surface area contributed by atoms with Crippen LogP contribution in [0.15, 0.2) is 67.1 Å². The molecule has 0 bridgehead atoms. The molecule has 0 radical (unpaired) electrons. The standard InChI is InChI=1S/C26H25N9O2/c1-34-22(15-21(33-34)18-3-2-9-27-16-18)31-26(36)29-19-6-4-17(5-7-19)24-30-20-8-10-28-25(23(20)32-24)35-11-13-37-14-12-35/h2-10,15-16H,11-14H2,1H3,(H,30,32)(H2,29,31,36). The number of pyridine rings is 2. The van der Waals surface area contributed by atoms with E-state index in [4.69, 9.17) is 9.72 Å². The Kier molecular flexibility index (Phi) is 5.95. The number of aromatic nitrogens is 6. The van der Waals surface area contributed by atoms with Gasteiger partial charge in [0.15, 0.2) is 5.82 Å². The lowest BCUT2D eigenvalue weighted by atomic mass is 10.2. The van der Waals surface area contributed by atoms with Gasteiger partial charge in [0, 0.05) is 61.6 Å². The fraction of sp³-hybridized carbons (Fsp3) is 0.192. The Labute approximate surface area is 212 Å².